The van der Waals surface area contributed by atoms with Gasteiger partial charge in [0, 0.05) is 62.8 Å². The third kappa shape index (κ3) is 18.1. The summed E-state index contributed by atoms with van der Waals surface area (Å²) in [6, 6.07) is 102. The molecule has 16 aromatic carbocycles. The Morgan fingerprint density at radius 2 is 0.258 bits per heavy atom. The van der Waals surface area contributed by atoms with Crippen LogP contribution in [0.1, 0.15) is 62.1 Å². The molecule has 16 aromatic rings. The van der Waals surface area contributed by atoms with Gasteiger partial charge < -0.3 is 28.4 Å². The van der Waals surface area contributed by atoms with Crippen LogP contribution in [0.5, 0.6) is 34.5 Å². The molecule has 0 heterocycles. The first-order valence-corrected chi connectivity index (χ1v) is 42.8. The van der Waals surface area contributed by atoms with Crippen molar-refractivity contribution in [3.8, 4) is 101 Å². The number of rotatable bonds is 24. The second-order valence-corrected chi connectivity index (χ2v) is 33.8. The van der Waals surface area contributed by atoms with Crippen molar-refractivity contribution < 1.29 is 57.2 Å². The molecule has 0 N–H and O–H groups in total. The quantitative estimate of drug-likeness (QED) is 0.0415. The van der Waals surface area contributed by atoms with E-state index in [1.165, 1.54) is 0 Å². The molecular formula is C102H72O12S6. The molecule has 0 bridgehead atoms. The molecule has 16 rings (SSSR count). The van der Waals surface area contributed by atoms with Crippen LogP contribution in [-0.2, 0) is 0 Å². The van der Waals surface area contributed by atoms with Crippen molar-refractivity contribution in [2.45, 2.75) is 29.4 Å². The number of hydrogen-bond acceptors (Lipinski definition) is 18. The Bertz CT molecular complexity index is 5480. The van der Waals surface area contributed by atoms with Gasteiger partial charge in [0.05, 0.1) is 42.7 Å². The fraction of sp³-hybridized carbons (Fsp3) is 0.0588. The first kappa shape index (κ1) is 81.0. The van der Waals surface area contributed by atoms with Gasteiger partial charge in [0.15, 0.2) is 0 Å². The zero-order valence-corrected chi connectivity index (χ0v) is 70.4. The van der Waals surface area contributed by atoms with Gasteiger partial charge in [-0.25, -0.2) is 0 Å². The minimum atomic E-state index is -0.302. The fourth-order valence-corrected chi connectivity index (χ4v) is 19.4. The summed E-state index contributed by atoms with van der Waals surface area (Å²) in [5.41, 5.74) is 13.3. The van der Waals surface area contributed by atoms with Crippen molar-refractivity contribution in [2.24, 2.45) is 0 Å². The second-order valence-electron chi connectivity index (χ2n) is 27.7. The summed E-state index contributed by atoms with van der Waals surface area (Å²) >= 11 is 5.89. The predicted octanol–water partition coefficient (Wildman–Crippen LogP) is 26.8. The van der Waals surface area contributed by atoms with Gasteiger partial charge in [-0.2, -0.15) is 0 Å². The smallest absolute Gasteiger partial charge is 0.224 e. The Morgan fingerprint density at radius 1 is 0.158 bits per heavy atom. The lowest BCUT2D eigenvalue weighted by Gasteiger charge is -2.19. The lowest BCUT2D eigenvalue weighted by Crippen LogP contribution is -2.00. The van der Waals surface area contributed by atoms with Crippen LogP contribution < -0.4 is 28.4 Å². The maximum absolute atomic E-state index is 15.3. The highest BCUT2D eigenvalue weighted by molar-refractivity contribution is 8.18. The highest BCUT2D eigenvalue weighted by atomic mass is 32.2. The fourth-order valence-electron chi connectivity index (χ4n) is 13.9. The molecule has 0 aliphatic heterocycles. The molecule has 18 heteroatoms. The minimum Gasteiger partial charge on any atom is -0.497 e. The highest BCUT2D eigenvalue weighted by Crippen LogP contribution is 2.50. The van der Waals surface area contributed by atoms with E-state index in [0.717, 1.165) is 137 Å². The molecule has 0 saturated heterocycles. The Morgan fingerprint density at radius 3 is 0.358 bits per heavy atom. The van der Waals surface area contributed by atoms with Crippen molar-refractivity contribution in [3.63, 3.8) is 0 Å². The van der Waals surface area contributed by atoms with Crippen LogP contribution in [0, 0.1) is 0 Å². The number of carbonyl (C=O) groups is 6. The molecule has 0 atom stereocenters. The van der Waals surface area contributed by atoms with Crippen LogP contribution in [0.4, 0.5) is 0 Å². The lowest BCUT2D eigenvalue weighted by atomic mass is 9.94. The molecule has 0 fully saturated rings. The molecule has 0 amide bonds. The number of fused-ring (bicyclic) bond motifs is 6. The monoisotopic (exact) mass is 1680 g/mol. The molecule has 12 nitrogen and oxygen atoms in total. The Hall–Kier alpha value is -12.8. The number of benzene rings is 16. The van der Waals surface area contributed by atoms with Crippen LogP contribution in [0.2, 0.25) is 0 Å². The van der Waals surface area contributed by atoms with E-state index in [-0.39, 0.29) is 30.7 Å². The van der Waals surface area contributed by atoms with Gasteiger partial charge in [0.2, 0.25) is 30.7 Å². The maximum atomic E-state index is 15.3. The van der Waals surface area contributed by atoms with Crippen LogP contribution in [0.3, 0.4) is 0 Å². The number of thioether (sulfide) groups is 6. The average Bonchev–Trinajstić information content (AvgIpc) is 0.720. The average molecular weight is 1680 g/mol. The highest BCUT2D eigenvalue weighted by Gasteiger charge is 2.27. The van der Waals surface area contributed by atoms with Crippen LogP contribution in [0.15, 0.2) is 357 Å². The Balaban J connectivity index is 0.892. The van der Waals surface area contributed by atoms with E-state index in [9.17, 15) is 0 Å². The first-order chi connectivity index (χ1) is 58.6. The number of hydrogen-bond donors (Lipinski definition) is 0. The Kier molecular flexibility index (Phi) is 24.7. The van der Waals surface area contributed by atoms with Crippen molar-refractivity contribution in [1.29, 1.82) is 0 Å². The molecule has 0 spiro atoms. The molecule has 0 aliphatic rings. The van der Waals surface area contributed by atoms with Crippen molar-refractivity contribution in [3.05, 3.63) is 361 Å². The van der Waals surface area contributed by atoms with E-state index < -0.39 is 0 Å². The summed E-state index contributed by atoms with van der Waals surface area (Å²) in [7, 11) is 9.70. The van der Waals surface area contributed by atoms with Gasteiger partial charge in [-0.3, -0.25) is 28.8 Å². The van der Waals surface area contributed by atoms with Gasteiger partial charge >= 0.3 is 0 Å². The van der Waals surface area contributed by atoms with Crippen LogP contribution in [-0.4, -0.2) is 73.4 Å². The van der Waals surface area contributed by atoms with E-state index in [2.05, 4.69) is 0 Å². The van der Waals surface area contributed by atoms with Gasteiger partial charge in [0.1, 0.15) is 34.5 Å². The number of ether oxygens (including phenoxy) is 6. The molecule has 0 aromatic heterocycles. The van der Waals surface area contributed by atoms with Crippen LogP contribution >= 0.6 is 70.6 Å². The topological polar surface area (TPSA) is 158 Å². The molecule has 0 unspecified atom stereocenters. The summed E-state index contributed by atoms with van der Waals surface area (Å²) in [5, 5.41) is 1.87. The van der Waals surface area contributed by atoms with Crippen LogP contribution in [0.25, 0.3) is 99.1 Å². The largest absolute Gasteiger partial charge is 0.497 e. The van der Waals surface area contributed by atoms with Gasteiger partial charge in [0.25, 0.3) is 0 Å². The molecule has 120 heavy (non-hydrogen) atoms. The third-order valence-corrected chi connectivity index (χ3v) is 26.9. The summed E-state index contributed by atoms with van der Waals surface area (Å²) in [4.78, 5) is 94.5. The zero-order chi connectivity index (χ0) is 82.9. The standard InChI is InChI=1S/C102H72O12S6/c1-109-79-43-31-67(32-44-79)61-7-19-73(20-8-61)97(103)115-91-55-85-86(56-92(91)116-98(104)74-21-9-62(10-22-74)68-33-45-80(110-2)46-34-68)88-58-94(118-100(106)76-25-13-64(14-26-76)70-37-49-82(112-4)50-38-70)96(120-102(108)78-29-17-66(18-30-78)72-41-53-84(114-6)54-42-72)60-90(88)89-59-95(119-101(107)77-27-15-65(16-28-77)71-39-51-83(113-5)52-40-71)93(57-87(85)89)117-99(105)75-23-11-63(12-24-75)69-35-47-81(111-3)48-36-69/h7-60H,1-6H3. The number of carbonyl (C=O) groups excluding carboxylic acids is 6. The predicted molar refractivity (Wildman–Crippen MR) is 491 cm³/mol. The van der Waals surface area contributed by atoms with E-state index in [0.29, 0.717) is 130 Å². The normalized spacial score (nSPS) is 11.2. The summed E-state index contributed by atoms with van der Waals surface area (Å²) < 4.78 is 32.7. The molecular weight excluding hydrogens is 1610 g/mol. The summed E-state index contributed by atoms with van der Waals surface area (Å²) in [6.07, 6.45) is 0. The van der Waals surface area contributed by atoms with Gasteiger partial charge in [-0.05, 0) is 352 Å². The van der Waals surface area contributed by atoms with Crippen molar-refractivity contribution in [1.82, 2.24) is 0 Å². The van der Waals surface area contributed by atoms with Crippen molar-refractivity contribution >= 4 is 134 Å². The molecule has 588 valence electrons. The summed E-state index contributed by atoms with van der Waals surface area (Å²) in [5.74, 6) is 4.26. The number of methoxy groups -OCH3 is 6. The SMILES string of the molecule is COc1ccc(-c2ccc(C(=O)Sc3cc4c5cc(SC(=O)c6ccc(-c7ccc(OC)cc7)cc6)c(SC(=O)c6ccc(-c7ccc(OC)cc7)cc6)cc5c5cc(SC(=O)c6ccc(-c7ccc(OC)cc7)cc6)c(SC(=O)c6ccc(-c7ccc(OC)cc7)cc6)cc5c4cc3SC(=O)c3ccc(-c4ccc(OC)cc4)cc3)cc2)cc1. The third-order valence-electron chi connectivity index (χ3n) is 20.6. The zero-order valence-electron chi connectivity index (χ0n) is 65.5. The molecule has 0 saturated carbocycles. The van der Waals surface area contributed by atoms with E-state index in [4.69, 9.17) is 28.4 Å². The van der Waals surface area contributed by atoms with Crippen molar-refractivity contribution in [2.75, 3.05) is 42.7 Å². The summed E-state index contributed by atoms with van der Waals surface area (Å²) in [6.45, 7) is 0. The molecule has 0 aliphatic carbocycles. The minimum absolute atomic E-state index is 0.302. The van der Waals surface area contributed by atoms with Gasteiger partial charge in [-0.1, -0.05) is 146 Å². The molecule has 0 radical (unpaired) electrons. The van der Waals surface area contributed by atoms with Gasteiger partial charge in [-0.15, -0.1) is 0 Å². The van der Waals surface area contributed by atoms with E-state index in [1.54, 1.807) is 115 Å². The second kappa shape index (κ2) is 36.6. The van der Waals surface area contributed by atoms with E-state index in [1.807, 2.05) is 255 Å². The lowest BCUT2D eigenvalue weighted by molar-refractivity contribution is 0.108. The van der Waals surface area contributed by atoms with E-state index >= 15 is 28.8 Å². The maximum Gasteiger partial charge on any atom is 0.224 e. The Labute approximate surface area is 719 Å². The first-order valence-electron chi connectivity index (χ1n) is 37.9.